The van der Waals surface area contributed by atoms with E-state index in [-0.39, 0.29) is 24.1 Å². The van der Waals surface area contributed by atoms with Crippen LogP contribution >= 0.6 is 15.9 Å². The second kappa shape index (κ2) is 11.6. The highest BCUT2D eigenvalue weighted by atomic mass is 79.9. The number of aryl methyl sites for hydroxylation is 3. The highest BCUT2D eigenvalue weighted by Crippen LogP contribution is 2.31. The molecule has 1 saturated heterocycles. The van der Waals surface area contributed by atoms with Crippen LogP contribution in [0.4, 0.5) is 11.5 Å². The molecule has 5 rings (SSSR count). The number of likely N-dealkylation sites (tertiary alicyclic amines) is 1. The minimum atomic E-state index is -1.02. The van der Waals surface area contributed by atoms with Gasteiger partial charge in [0, 0.05) is 29.7 Å². The Labute approximate surface area is 239 Å². The van der Waals surface area contributed by atoms with E-state index >= 15 is 0 Å². The molecule has 11 nitrogen and oxygen atoms in total. The van der Waals surface area contributed by atoms with Gasteiger partial charge >= 0.3 is 5.97 Å². The summed E-state index contributed by atoms with van der Waals surface area (Å²) in [6.45, 7) is 7.83. The Bertz CT molecular complexity index is 1560. The largest absolute Gasteiger partial charge is 0.478 e. The number of amides is 1. The number of rotatable bonds is 8. The fourth-order valence-corrected chi connectivity index (χ4v) is 5.43. The summed E-state index contributed by atoms with van der Waals surface area (Å²) in [6, 6.07) is 10.7. The molecule has 1 fully saturated rings. The molecule has 0 radical (unpaired) electrons. The zero-order chi connectivity index (χ0) is 28.4. The number of aromatic nitrogens is 4. The lowest BCUT2D eigenvalue weighted by atomic mass is 10.1. The minimum Gasteiger partial charge on any atom is -0.478 e. The smallest absolute Gasteiger partial charge is 0.335 e. The molecule has 2 aromatic carbocycles. The zero-order valence-corrected chi connectivity index (χ0v) is 24.0. The van der Waals surface area contributed by atoms with Gasteiger partial charge in [-0.25, -0.2) is 4.79 Å². The normalized spacial score (nSPS) is 14.3. The van der Waals surface area contributed by atoms with E-state index in [2.05, 4.69) is 65.6 Å². The van der Waals surface area contributed by atoms with Crippen LogP contribution in [0.1, 0.15) is 39.9 Å². The van der Waals surface area contributed by atoms with Gasteiger partial charge in [0.15, 0.2) is 0 Å². The van der Waals surface area contributed by atoms with Crippen molar-refractivity contribution in [3.63, 3.8) is 0 Å². The van der Waals surface area contributed by atoms with E-state index in [0.29, 0.717) is 27.6 Å². The lowest BCUT2D eigenvalue weighted by molar-refractivity contribution is -0.117. The molecule has 3 heterocycles. The van der Waals surface area contributed by atoms with Crippen molar-refractivity contribution in [2.75, 3.05) is 30.3 Å². The molecule has 1 amide bonds. The molecule has 12 heteroatoms. The Morgan fingerprint density at radius 2 is 1.82 bits per heavy atom. The van der Waals surface area contributed by atoms with E-state index in [1.807, 2.05) is 19.9 Å². The number of carboxylic acid groups (broad SMARTS) is 1. The van der Waals surface area contributed by atoms with Crippen molar-refractivity contribution in [1.82, 2.24) is 24.5 Å². The van der Waals surface area contributed by atoms with Gasteiger partial charge in [-0.05, 0) is 78.9 Å². The topological polar surface area (TPSA) is 134 Å². The molecule has 4 aromatic rings. The lowest BCUT2D eigenvalue weighted by Crippen LogP contribution is -2.42. The second-order valence-electron chi connectivity index (χ2n) is 10.0. The first-order valence-electron chi connectivity index (χ1n) is 12.9. The third-order valence-electron chi connectivity index (χ3n) is 6.83. The molecule has 2 aromatic heterocycles. The monoisotopic (exact) mass is 607 g/mol. The average Bonchev–Trinajstić information content (AvgIpc) is 3.37. The lowest BCUT2D eigenvalue weighted by Gasteiger charge is -2.32. The number of fused-ring (bicyclic) bond motifs is 1. The van der Waals surface area contributed by atoms with Gasteiger partial charge in [-0.2, -0.15) is 19.6 Å². The molecule has 0 atom stereocenters. The first-order valence-corrected chi connectivity index (χ1v) is 13.7. The van der Waals surface area contributed by atoms with E-state index in [9.17, 15) is 9.59 Å². The SMILES string of the molecule is Cc1cc(C)c(Oc2cc(NC3CCN(CC(=O)Nc4ccc(C(=O)O)cc4Br)CC3)nc3ncnn23)c(C)c1. The van der Waals surface area contributed by atoms with Crippen LogP contribution in [0.15, 0.2) is 47.2 Å². The number of hydrogen-bond donors (Lipinski definition) is 3. The Balaban J connectivity index is 1.19. The van der Waals surface area contributed by atoms with E-state index in [1.54, 1.807) is 10.6 Å². The maximum absolute atomic E-state index is 12.6. The summed E-state index contributed by atoms with van der Waals surface area (Å²) in [5.74, 6) is 1.24. The molecule has 40 heavy (non-hydrogen) atoms. The van der Waals surface area contributed by atoms with Gasteiger partial charge < -0.3 is 20.5 Å². The van der Waals surface area contributed by atoms with Crippen LogP contribution in [0.3, 0.4) is 0 Å². The quantitative estimate of drug-likeness (QED) is 0.258. The summed E-state index contributed by atoms with van der Waals surface area (Å²) in [5, 5.41) is 19.8. The van der Waals surface area contributed by atoms with Crippen LogP contribution in [0, 0.1) is 20.8 Å². The third kappa shape index (κ3) is 6.23. The van der Waals surface area contributed by atoms with Crippen molar-refractivity contribution in [3.05, 3.63) is 69.5 Å². The summed E-state index contributed by atoms with van der Waals surface area (Å²) in [4.78, 5) is 34.7. The van der Waals surface area contributed by atoms with Crippen molar-refractivity contribution in [2.45, 2.75) is 39.7 Å². The molecule has 208 valence electrons. The predicted octanol–water partition coefficient (Wildman–Crippen LogP) is 4.82. The van der Waals surface area contributed by atoms with Crippen LogP contribution < -0.4 is 15.4 Å². The minimum absolute atomic E-state index is 0.149. The van der Waals surface area contributed by atoms with Gasteiger partial charge in [0.1, 0.15) is 17.9 Å². The van der Waals surface area contributed by atoms with E-state index in [4.69, 9.17) is 9.84 Å². The number of piperidine rings is 1. The van der Waals surface area contributed by atoms with Crippen LogP contribution in [-0.4, -0.2) is 67.1 Å². The molecule has 0 saturated carbocycles. The number of carboxylic acids is 1. The van der Waals surface area contributed by atoms with Gasteiger partial charge in [0.2, 0.25) is 11.8 Å². The number of carbonyl (C=O) groups excluding carboxylic acids is 1. The first-order chi connectivity index (χ1) is 19.2. The Hall–Kier alpha value is -4.03. The third-order valence-corrected chi connectivity index (χ3v) is 7.48. The van der Waals surface area contributed by atoms with Crippen LogP contribution in [-0.2, 0) is 4.79 Å². The highest BCUT2D eigenvalue weighted by molar-refractivity contribution is 9.10. The number of carbonyl (C=O) groups is 2. The standard InChI is InChI=1S/C28H30BrN7O4/c1-16-10-17(2)26(18(3)11-16)40-25-13-23(34-28-30-15-31-36(25)28)32-20-6-8-35(9-7-20)14-24(37)33-22-5-4-19(27(38)39)12-21(22)29/h4-5,10-13,15,20H,6-9,14H2,1-3H3,(H,33,37)(H,38,39)(H,30,31,32,34). The molecule has 0 aliphatic carbocycles. The van der Waals surface area contributed by atoms with Gasteiger partial charge in [-0.15, -0.1) is 0 Å². The summed E-state index contributed by atoms with van der Waals surface area (Å²) in [6.07, 6.45) is 3.11. The maximum atomic E-state index is 12.6. The molecule has 0 bridgehead atoms. The van der Waals surface area contributed by atoms with E-state index in [0.717, 1.165) is 42.8 Å². The summed E-state index contributed by atoms with van der Waals surface area (Å²) < 4.78 is 8.43. The van der Waals surface area contributed by atoms with E-state index < -0.39 is 5.97 Å². The van der Waals surface area contributed by atoms with Gasteiger partial charge in [0.05, 0.1) is 17.8 Å². The van der Waals surface area contributed by atoms with Gasteiger partial charge in [-0.3, -0.25) is 9.69 Å². The Morgan fingerprint density at radius 1 is 1.10 bits per heavy atom. The number of benzene rings is 2. The number of halogens is 1. The van der Waals surface area contributed by atoms with Crippen molar-refractivity contribution in [2.24, 2.45) is 0 Å². The fourth-order valence-electron chi connectivity index (χ4n) is 4.95. The molecule has 0 unspecified atom stereocenters. The van der Waals surface area contributed by atoms with Crippen LogP contribution in [0.5, 0.6) is 11.6 Å². The average molecular weight is 608 g/mol. The number of hydrogen-bond acceptors (Lipinski definition) is 8. The number of nitrogens with one attached hydrogen (secondary N) is 2. The van der Waals surface area contributed by atoms with E-state index in [1.165, 1.54) is 24.0 Å². The summed E-state index contributed by atoms with van der Waals surface area (Å²) >= 11 is 3.33. The second-order valence-corrected chi connectivity index (χ2v) is 10.9. The van der Waals surface area contributed by atoms with Crippen molar-refractivity contribution in [1.29, 1.82) is 0 Å². The van der Waals surface area contributed by atoms with Crippen molar-refractivity contribution in [3.8, 4) is 11.6 Å². The summed E-state index contributed by atoms with van der Waals surface area (Å²) in [7, 11) is 0. The van der Waals surface area contributed by atoms with Crippen molar-refractivity contribution >= 4 is 45.1 Å². The first kappa shape index (κ1) is 27.5. The highest BCUT2D eigenvalue weighted by Gasteiger charge is 2.22. The Kier molecular flexibility index (Phi) is 7.99. The number of nitrogens with zero attached hydrogens (tertiary/aromatic N) is 5. The number of ether oxygens (including phenoxy) is 1. The van der Waals surface area contributed by atoms with Crippen LogP contribution in [0.2, 0.25) is 0 Å². The van der Waals surface area contributed by atoms with Gasteiger partial charge in [-0.1, -0.05) is 17.7 Å². The number of anilines is 2. The van der Waals surface area contributed by atoms with Crippen LogP contribution in [0.25, 0.3) is 5.78 Å². The molecular formula is C28H30BrN7O4. The number of aromatic carboxylic acids is 1. The molecule has 1 aliphatic heterocycles. The zero-order valence-electron chi connectivity index (χ0n) is 22.4. The Morgan fingerprint density at radius 3 is 2.50 bits per heavy atom. The maximum Gasteiger partial charge on any atom is 0.335 e. The van der Waals surface area contributed by atoms with Crippen molar-refractivity contribution < 1.29 is 19.4 Å². The predicted molar refractivity (Wildman–Crippen MR) is 154 cm³/mol. The molecular weight excluding hydrogens is 578 g/mol. The fraction of sp³-hybridized carbons (Fsp3) is 0.321. The molecule has 1 aliphatic rings. The summed E-state index contributed by atoms with van der Waals surface area (Å²) in [5.41, 5.74) is 3.94. The molecule has 0 spiro atoms. The molecule has 3 N–H and O–H groups in total. The van der Waals surface area contributed by atoms with Gasteiger partial charge in [0.25, 0.3) is 5.78 Å².